The molecule has 6 heteroatoms. The zero-order valence-electron chi connectivity index (χ0n) is 11.8. The number of fused-ring (bicyclic) bond motifs is 1. The van der Waals surface area contributed by atoms with Gasteiger partial charge in [-0.3, -0.25) is 4.98 Å². The highest BCUT2D eigenvalue weighted by Crippen LogP contribution is 2.22. The molecule has 0 bridgehead atoms. The summed E-state index contributed by atoms with van der Waals surface area (Å²) < 4.78 is 5.56. The number of para-hydroxylation sites is 1. The number of carbonyl (C=O) groups excluding carboxylic acids is 1. The van der Waals surface area contributed by atoms with Gasteiger partial charge in [0.2, 0.25) is 0 Å². The maximum Gasteiger partial charge on any atom is 0.335 e. The zero-order chi connectivity index (χ0) is 15.1. The van der Waals surface area contributed by atoms with E-state index in [4.69, 9.17) is 10.5 Å². The van der Waals surface area contributed by atoms with Crippen LogP contribution in [-0.4, -0.2) is 23.4 Å². The van der Waals surface area contributed by atoms with Crippen LogP contribution in [0.4, 0.5) is 0 Å². The van der Waals surface area contributed by atoms with Gasteiger partial charge in [-0.1, -0.05) is 30.3 Å². The van der Waals surface area contributed by atoms with Gasteiger partial charge in [-0.15, -0.1) is 0 Å². The van der Waals surface area contributed by atoms with Crippen LogP contribution in [0.25, 0.3) is 10.9 Å². The molecule has 2 aromatic rings. The fourth-order valence-electron chi connectivity index (χ4n) is 1.73. The number of carbonyl (C=O) groups is 1. The topological polar surface area (TPSA) is 86.8 Å². The minimum atomic E-state index is -0.410. The second-order valence-electron chi connectivity index (χ2n) is 4.42. The number of ether oxygens (including phenoxy) is 1. The molecule has 0 saturated carbocycles. The number of aromatic nitrogens is 1. The van der Waals surface area contributed by atoms with Crippen LogP contribution >= 0.6 is 0 Å². The number of hydrogen-bond donors (Lipinski definition) is 1. The number of pyridine rings is 1. The molecule has 1 aromatic heterocycles. The SMILES string of the molecule is CCCC(=O)O/N=C(\N)COc1cccc2cccnc12. The van der Waals surface area contributed by atoms with Crippen LogP contribution in [0.5, 0.6) is 5.75 Å². The summed E-state index contributed by atoms with van der Waals surface area (Å²) in [7, 11) is 0. The molecule has 21 heavy (non-hydrogen) atoms. The molecule has 0 unspecified atom stereocenters. The number of nitrogens with two attached hydrogens (primary N) is 1. The van der Waals surface area contributed by atoms with E-state index in [2.05, 4.69) is 15.0 Å². The lowest BCUT2D eigenvalue weighted by atomic mass is 10.2. The monoisotopic (exact) mass is 287 g/mol. The maximum absolute atomic E-state index is 11.2. The van der Waals surface area contributed by atoms with Crippen molar-refractivity contribution in [3.05, 3.63) is 36.5 Å². The molecule has 0 radical (unpaired) electrons. The van der Waals surface area contributed by atoms with Gasteiger partial charge < -0.3 is 15.3 Å². The fourth-order valence-corrected chi connectivity index (χ4v) is 1.73. The van der Waals surface area contributed by atoms with E-state index in [0.29, 0.717) is 18.6 Å². The van der Waals surface area contributed by atoms with Crippen LogP contribution in [0.1, 0.15) is 19.8 Å². The van der Waals surface area contributed by atoms with Crippen molar-refractivity contribution in [2.75, 3.05) is 6.61 Å². The lowest BCUT2D eigenvalue weighted by Gasteiger charge is -2.07. The van der Waals surface area contributed by atoms with Crippen LogP contribution < -0.4 is 10.5 Å². The Kier molecular flexibility index (Phi) is 5.09. The van der Waals surface area contributed by atoms with Crippen molar-refractivity contribution < 1.29 is 14.4 Å². The van der Waals surface area contributed by atoms with Crippen molar-refractivity contribution in [1.29, 1.82) is 0 Å². The number of rotatable bonds is 6. The average Bonchev–Trinajstić information content (AvgIpc) is 2.51. The van der Waals surface area contributed by atoms with Crippen molar-refractivity contribution in [1.82, 2.24) is 4.98 Å². The Morgan fingerprint density at radius 2 is 2.14 bits per heavy atom. The molecular formula is C15H17N3O3. The number of amidine groups is 1. The van der Waals surface area contributed by atoms with E-state index in [0.717, 1.165) is 10.9 Å². The van der Waals surface area contributed by atoms with Gasteiger partial charge in [0.15, 0.2) is 5.84 Å². The van der Waals surface area contributed by atoms with Gasteiger partial charge in [0.05, 0.1) is 0 Å². The number of hydrogen-bond acceptors (Lipinski definition) is 5. The van der Waals surface area contributed by atoms with Crippen molar-refractivity contribution in [2.24, 2.45) is 10.9 Å². The lowest BCUT2D eigenvalue weighted by Crippen LogP contribution is -2.22. The summed E-state index contributed by atoms with van der Waals surface area (Å²) in [5, 5.41) is 4.51. The van der Waals surface area contributed by atoms with Crippen LogP contribution in [0.3, 0.4) is 0 Å². The summed E-state index contributed by atoms with van der Waals surface area (Å²) in [6.07, 6.45) is 2.70. The number of nitrogens with zero attached hydrogens (tertiary/aromatic N) is 2. The quantitative estimate of drug-likeness (QED) is 0.381. The number of benzene rings is 1. The molecule has 2 rings (SSSR count). The Balaban J connectivity index is 1.98. The van der Waals surface area contributed by atoms with Gasteiger partial charge in [-0.2, -0.15) is 0 Å². The zero-order valence-corrected chi connectivity index (χ0v) is 11.8. The normalized spacial score (nSPS) is 11.4. The van der Waals surface area contributed by atoms with Gasteiger partial charge in [-0.25, -0.2) is 4.79 Å². The summed E-state index contributed by atoms with van der Waals surface area (Å²) in [5.41, 5.74) is 6.38. The predicted octanol–water partition coefficient (Wildman–Crippen LogP) is 2.23. The number of oxime groups is 1. The minimum absolute atomic E-state index is 0.0229. The van der Waals surface area contributed by atoms with Crippen molar-refractivity contribution in [3.63, 3.8) is 0 Å². The van der Waals surface area contributed by atoms with Gasteiger partial charge in [0, 0.05) is 18.0 Å². The smallest absolute Gasteiger partial charge is 0.335 e. The first-order valence-electron chi connectivity index (χ1n) is 6.69. The summed E-state index contributed by atoms with van der Waals surface area (Å²) in [6, 6.07) is 9.41. The highest BCUT2D eigenvalue weighted by Gasteiger charge is 2.05. The molecule has 0 atom stereocenters. The predicted molar refractivity (Wildman–Crippen MR) is 79.9 cm³/mol. The average molecular weight is 287 g/mol. The molecule has 0 aliphatic heterocycles. The third-order valence-electron chi connectivity index (χ3n) is 2.69. The Bertz CT molecular complexity index is 650. The lowest BCUT2D eigenvalue weighted by molar-refractivity contribution is -0.143. The Labute approximate surface area is 122 Å². The second kappa shape index (κ2) is 7.23. The molecule has 1 heterocycles. The second-order valence-corrected chi connectivity index (χ2v) is 4.42. The molecular weight excluding hydrogens is 270 g/mol. The molecule has 0 aliphatic rings. The van der Waals surface area contributed by atoms with Gasteiger partial charge in [0.1, 0.15) is 17.9 Å². The summed E-state index contributed by atoms with van der Waals surface area (Å²) in [5.74, 6) is 0.283. The van der Waals surface area contributed by atoms with Crippen LogP contribution in [0, 0.1) is 0 Å². The largest absolute Gasteiger partial charge is 0.483 e. The molecule has 0 saturated heterocycles. The fraction of sp³-hybridized carbons (Fsp3) is 0.267. The van der Waals surface area contributed by atoms with E-state index >= 15 is 0 Å². The molecule has 0 aliphatic carbocycles. The summed E-state index contributed by atoms with van der Waals surface area (Å²) in [4.78, 5) is 20.1. The van der Waals surface area contributed by atoms with E-state index in [9.17, 15) is 4.79 Å². The van der Waals surface area contributed by atoms with E-state index in [1.165, 1.54) is 0 Å². The van der Waals surface area contributed by atoms with Gasteiger partial charge in [0.25, 0.3) is 0 Å². The molecule has 110 valence electrons. The molecule has 0 spiro atoms. The first-order valence-corrected chi connectivity index (χ1v) is 6.69. The third-order valence-corrected chi connectivity index (χ3v) is 2.69. The van der Waals surface area contributed by atoms with E-state index < -0.39 is 5.97 Å². The highest BCUT2D eigenvalue weighted by atomic mass is 16.7. The summed E-state index contributed by atoms with van der Waals surface area (Å²) in [6.45, 7) is 1.90. The third kappa shape index (κ3) is 4.17. The molecule has 0 fully saturated rings. The Morgan fingerprint density at radius 1 is 1.33 bits per heavy atom. The van der Waals surface area contributed by atoms with E-state index in [-0.39, 0.29) is 12.4 Å². The first-order chi connectivity index (χ1) is 10.2. The summed E-state index contributed by atoms with van der Waals surface area (Å²) >= 11 is 0. The van der Waals surface area contributed by atoms with Crippen LogP contribution in [-0.2, 0) is 9.63 Å². The van der Waals surface area contributed by atoms with Gasteiger partial charge >= 0.3 is 5.97 Å². The van der Waals surface area contributed by atoms with Crippen molar-refractivity contribution in [2.45, 2.75) is 19.8 Å². The molecule has 1 aromatic carbocycles. The maximum atomic E-state index is 11.2. The van der Waals surface area contributed by atoms with Crippen molar-refractivity contribution in [3.8, 4) is 5.75 Å². The van der Waals surface area contributed by atoms with E-state index in [1.807, 2.05) is 31.2 Å². The van der Waals surface area contributed by atoms with Crippen molar-refractivity contribution >= 4 is 22.7 Å². The highest BCUT2D eigenvalue weighted by molar-refractivity contribution is 5.86. The first kappa shape index (κ1) is 14.8. The molecule has 6 nitrogen and oxygen atoms in total. The van der Waals surface area contributed by atoms with Gasteiger partial charge in [-0.05, 0) is 18.6 Å². The van der Waals surface area contributed by atoms with E-state index in [1.54, 1.807) is 12.3 Å². The minimum Gasteiger partial charge on any atom is -0.483 e. The molecule has 0 amide bonds. The molecule has 2 N–H and O–H groups in total. The Morgan fingerprint density at radius 3 is 2.95 bits per heavy atom. The standard InChI is InChI=1S/C15H17N3O3/c1-2-5-14(19)21-18-13(16)10-20-12-8-3-6-11-7-4-9-17-15(11)12/h3-4,6-9H,2,5,10H2,1H3,(H2,16,18). The Hall–Kier alpha value is -2.63. The van der Waals surface area contributed by atoms with Crippen LogP contribution in [0.2, 0.25) is 0 Å². The van der Waals surface area contributed by atoms with Crippen LogP contribution in [0.15, 0.2) is 41.7 Å².